The van der Waals surface area contributed by atoms with Crippen LogP contribution >= 0.6 is 0 Å². The fourth-order valence-corrected chi connectivity index (χ4v) is 3.98. The zero-order valence-corrected chi connectivity index (χ0v) is 18.3. The number of hydrogen-bond acceptors (Lipinski definition) is 2. The summed E-state index contributed by atoms with van der Waals surface area (Å²) in [6.45, 7) is 4.22. The Morgan fingerprint density at radius 1 is 0.438 bits per heavy atom. The SMILES string of the molecule is Cc1ccc(-c2nc(-c3ccccc3)nc(-c3cccc(-c4ccccc4)c3)c2C)cc1. The fraction of sp³-hybridized carbons (Fsp3) is 0.0667. The van der Waals surface area contributed by atoms with E-state index in [-0.39, 0.29) is 0 Å². The normalized spacial score (nSPS) is 10.8. The van der Waals surface area contributed by atoms with Gasteiger partial charge in [-0.25, -0.2) is 9.97 Å². The van der Waals surface area contributed by atoms with Crippen LogP contribution in [0.4, 0.5) is 0 Å². The van der Waals surface area contributed by atoms with Crippen molar-refractivity contribution in [3.63, 3.8) is 0 Å². The number of aromatic nitrogens is 2. The van der Waals surface area contributed by atoms with Gasteiger partial charge in [0.2, 0.25) is 0 Å². The lowest BCUT2D eigenvalue weighted by molar-refractivity contribution is 1.15. The molecule has 0 spiro atoms. The predicted octanol–water partition coefficient (Wildman–Crippen LogP) is 7.76. The van der Waals surface area contributed by atoms with Crippen molar-refractivity contribution in [2.45, 2.75) is 13.8 Å². The van der Waals surface area contributed by atoms with E-state index in [9.17, 15) is 0 Å². The van der Waals surface area contributed by atoms with E-state index in [1.54, 1.807) is 0 Å². The van der Waals surface area contributed by atoms with Gasteiger partial charge in [0, 0.05) is 22.3 Å². The molecule has 154 valence electrons. The Balaban J connectivity index is 1.71. The average Bonchev–Trinajstić information content (AvgIpc) is 2.86. The Morgan fingerprint density at radius 3 is 1.62 bits per heavy atom. The number of benzene rings is 4. The first-order valence-electron chi connectivity index (χ1n) is 10.9. The molecule has 1 heterocycles. The molecule has 0 radical (unpaired) electrons. The van der Waals surface area contributed by atoms with Crippen LogP contribution in [0, 0.1) is 13.8 Å². The van der Waals surface area contributed by atoms with E-state index in [1.807, 2.05) is 24.3 Å². The highest BCUT2D eigenvalue weighted by molar-refractivity contribution is 5.79. The lowest BCUT2D eigenvalue weighted by Gasteiger charge is -2.14. The van der Waals surface area contributed by atoms with Crippen molar-refractivity contribution >= 4 is 0 Å². The minimum atomic E-state index is 0.742. The summed E-state index contributed by atoms with van der Waals surface area (Å²) in [4.78, 5) is 10.0. The lowest BCUT2D eigenvalue weighted by Crippen LogP contribution is -2.00. The molecule has 0 N–H and O–H groups in total. The number of rotatable bonds is 4. The summed E-state index contributed by atoms with van der Waals surface area (Å²) in [5.74, 6) is 0.742. The molecule has 5 aromatic rings. The van der Waals surface area contributed by atoms with Gasteiger partial charge in [-0.1, -0.05) is 109 Å². The standard InChI is InChI=1S/C30H24N2/c1-21-16-18-24(19-17-21)28-22(2)29(32-30(31-28)25-12-7-4-8-13-25)27-15-9-14-26(20-27)23-10-5-3-6-11-23/h3-20H,1-2H3. The van der Waals surface area contributed by atoms with Crippen LogP contribution in [0.15, 0.2) is 109 Å². The topological polar surface area (TPSA) is 25.8 Å². The zero-order valence-electron chi connectivity index (χ0n) is 18.3. The van der Waals surface area contributed by atoms with Crippen molar-refractivity contribution in [1.82, 2.24) is 9.97 Å². The summed E-state index contributed by atoms with van der Waals surface area (Å²) >= 11 is 0. The maximum Gasteiger partial charge on any atom is 0.160 e. The van der Waals surface area contributed by atoms with E-state index >= 15 is 0 Å². The largest absolute Gasteiger partial charge is 0.228 e. The second-order valence-corrected chi connectivity index (χ2v) is 8.05. The molecule has 1 aromatic heterocycles. The molecule has 2 heteroatoms. The van der Waals surface area contributed by atoms with Gasteiger partial charge in [0.25, 0.3) is 0 Å². The van der Waals surface area contributed by atoms with E-state index in [4.69, 9.17) is 9.97 Å². The van der Waals surface area contributed by atoms with Crippen molar-refractivity contribution in [1.29, 1.82) is 0 Å². The van der Waals surface area contributed by atoms with Gasteiger partial charge in [0.15, 0.2) is 5.82 Å². The van der Waals surface area contributed by atoms with E-state index in [1.165, 1.54) is 16.7 Å². The van der Waals surface area contributed by atoms with Gasteiger partial charge < -0.3 is 0 Å². The zero-order chi connectivity index (χ0) is 21.9. The third kappa shape index (κ3) is 3.95. The molecule has 0 saturated heterocycles. The smallest absolute Gasteiger partial charge is 0.160 e. The summed E-state index contributed by atoms with van der Waals surface area (Å²) in [6, 6.07) is 37.8. The highest BCUT2D eigenvalue weighted by Gasteiger charge is 2.16. The predicted molar refractivity (Wildman–Crippen MR) is 133 cm³/mol. The molecule has 0 bridgehead atoms. The Bertz CT molecular complexity index is 1360. The highest BCUT2D eigenvalue weighted by atomic mass is 14.9. The molecule has 32 heavy (non-hydrogen) atoms. The lowest BCUT2D eigenvalue weighted by atomic mass is 9.97. The quantitative estimate of drug-likeness (QED) is 0.301. The highest BCUT2D eigenvalue weighted by Crippen LogP contribution is 2.33. The summed E-state index contributed by atoms with van der Waals surface area (Å²) in [5, 5.41) is 0. The third-order valence-electron chi connectivity index (χ3n) is 5.75. The molecule has 0 fully saturated rings. The van der Waals surface area contributed by atoms with Crippen LogP contribution in [0.1, 0.15) is 11.1 Å². The van der Waals surface area contributed by atoms with E-state index < -0.39 is 0 Å². The number of aryl methyl sites for hydroxylation is 1. The molecule has 5 rings (SSSR count). The Morgan fingerprint density at radius 2 is 0.969 bits per heavy atom. The van der Waals surface area contributed by atoms with E-state index in [2.05, 4.69) is 98.8 Å². The maximum atomic E-state index is 5.04. The van der Waals surface area contributed by atoms with Crippen LogP contribution in [0.25, 0.3) is 45.0 Å². The van der Waals surface area contributed by atoms with Crippen molar-refractivity contribution in [3.8, 4) is 45.0 Å². The molecule has 0 aliphatic rings. The minimum Gasteiger partial charge on any atom is -0.228 e. The molecule has 2 nitrogen and oxygen atoms in total. The molecule has 4 aromatic carbocycles. The van der Waals surface area contributed by atoms with Crippen molar-refractivity contribution < 1.29 is 0 Å². The van der Waals surface area contributed by atoms with Crippen LogP contribution in [0.5, 0.6) is 0 Å². The third-order valence-corrected chi connectivity index (χ3v) is 5.75. The van der Waals surface area contributed by atoms with E-state index in [0.29, 0.717) is 0 Å². The second-order valence-electron chi connectivity index (χ2n) is 8.05. The van der Waals surface area contributed by atoms with Gasteiger partial charge in [-0.05, 0) is 31.0 Å². The summed E-state index contributed by atoms with van der Waals surface area (Å²) in [6.07, 6.45) is 0. The Kier molecular flexibility index (Phi) is 5.35. The molecule has 0 atom stereocenters. The van der Waals surface area contributed by atoms with Gasteiger partial charge in [-0.2, -0.15) is 0 Å². The molecular weight excluding hydrogens is 388 g/mol. The molecule has 0 aliphatic heterocycles. The molecule has 0 amide bonds. The van der Waals surface area contributed by atoms with Crippen LogP contribution in [-0.4, -0.2) is 9.97 Å². The first-order chi connectivity index (χ1) is 15.7. The molecule has 0 saturated carbocycles. The second kappa shape index (κ2) is 8.60. The van der Waals surface area contributed by atoms with Gasteiger partial charge in [-0.15, -0.1) is 0 Å². The van der Waals surface area contributed by atoms with Crippen molar-refractivity contribution in [2.75, 3.05) is 0 Å². The van der Waals surface area contributed by atoms with E-state index in [0.717, 1.165) is 39.5 Å². The first kappa shape index (κ1) is 19.9. The molecule has 0 aliphatic carbocycles. The van der Waals surface area contributed by atoms with Gasteiger partial charge in [0.05, 0.1) is 11.4 Å². The van der Waals surface area contributed by atoms with Gasteiger partial charge in [-0.3, -0.25) is 0 Å². The van der Waals surface area contributed by atoms with Crippen LogP contribution in [-0.2, 0) is 0 Å². The monoisotopic (exact) mass is 412 g/mol. The Labute approximate surface area is 189 Å². The minimum absolute atomic E-state index is 0.742. The van der Waals surface area contributed by atoms with Gasteiger partial charge >= 0.3 is 0 Å². The molecule has 0 unspecified atom stereocenters. The molecular formula is C30H24N2. The average molecular weight is 413 g/mol. The summed E-state index contributed by atoms with van der Waals surface area (Å²) in [5.41, 5.74) is 9.85. The summed E-state index contributed by atoms with van der Waals surface area (Å²) < 4.78 is 0. The number of hydrogen-bond donors (Lipinski definition) is 0. The van der Waals surface area contributed by atoms with Crippen LogP contribution < -0.4 is 0 Å². The Hall–Kier alpha value is -4.04. The first-order valence-corrected chi connectivity index (χ1v) is 10.9. The van der Waals surface area contributed by atoms with Crippen LogP contribution in [0.3, 0.4) is 0 Å². The number of nitrogens with zero attached hydrogens (tertiary/aromatic N) is 2. The van der Waals surface area contributed by atoms with Gasteiger partial charge in [0.1, 0.15) is 0 Å². The maximum absolute atomic E-state index is 5.04. The van der Waals surface area contributed by atoms with Crippen molar-refractivity contribution in [3.05, 3.63) is 120 Å². The van der Waals surface area contributed by atoms with Crippen LogP contribution in [0.2, 0.25) is 0 Å². The fourth-order valence-electron chi connectivity index (χ4n) is 3.98. The summed E-state index contributed by atoms with van der Waals surface area (Å²) in [7, 11) is 0. The van der Waals surface area contributed by atoms with Crippen molar-refractivity contribution in [2.24, 2.45) is 0 Å².